The maximum atomic E-state index is 10.8. The van der Waals surface area contributed by atoms with Gasteiger partial charge in [-0.1, -0.05) is 0 Å². The molecule has 96 valence electrons. The lowest BCUT2D eigenvalue weighted by Gasteiger charge is -2.04. The number of nitrogens with one attached hydrogen (secondary N) is 1. The van der Waals surface area contributed by atoms with Gasteiger partial charge in [0.05, 0.1) is 21.3 Å². The molecule has 0 unspecified atom stereocenters. The summed E-state index contributed by atoms with van der Waals surface area (Å²) >= 11 is 3.05. The van der Waals surface area contributed by atoms with Gasteiger partial charge in [0.1, 0.15) is 0 Å². The normalized spacial score (nSPS) is 10.7. The lowest BCUT2D eigenvalue weighted by atomic mass is 10.3. The molecular weight excluding hydrogens is 280 g/mol. The third-order valence-electron chi connectivity index (χ3n) is 2.70. The molecule has 2 N–H and O–H groups in total. The first-order valence-electron chi connectivity index (χ1n) is 5.60. The highest BCUT2D eigenvalue weighted by atomic mass is 32.1. The minimum atomic E-state index is -0.881. The maximum Gasteiger partial charge on any atom is 0.336 e. The number of hydrogen-bond donors (Lipinski definition) is 2. The first-order chi connectivity index (χ1) is 9.22. The molecule has 0 aliphatic heterocycles. The molecule has 2 heterocycles. The number of aromatic carboxylic acids is 1. The summed E-state index contributed by atoms with van der Waals surface area (Å²) < 4.78 is 1.14. The van der Waals surface area contributed by atoms with Gasteiger partial charge >= 0.3 is 5.97 Å². The standard InChI is InChI=1S/C13H10N2O2S2/c16-13(17)8-3-10(18-6-8)5-14-9-1-2-11-12(4-9)19-7-15-11/h1-4,6-7,14H,5H2,(H,16,17). The van der Waals surface area contributed by atoms with Crippen LogP contribution >= 0.6 is 22.7 Å². The summed E-state index contributed by atoms with van der Waals surface area (Å²) in [5, 5.41) is 13.8. The molecule has 19 heavy (non-hydrogen) atoms. The zero-order valence-corrected chi connectivity index (χ0v) is 11.4. The Labute approximate surface area is 117 Å². The van der Waals surface area contributed by atoms with Crippen molar-refractivity contribution in [1.82, 2.24) is 4.98 Å². The summed E-state index contributed by atoms with van der Waals surface area (Å²) in [6, 6.07) is 7.71. The van der Waals surface area contributed by atoms with Crippen LogP contribution in [0.2, 0.25) is 0 Å². The molecule has 4 nitrogen and oxygen atoms in total. The van der Waals surface area contributed by atoms with Crippen LogP contribution in [0.25, 0.3) is 10.2 Å². The summed E-state index contributed by atoms with van der Waals surface area (Å²) in [5.74, 6) is -0.881. The fraction of sp³-hybridized carbons (Fsp3) is 0.0769. The van der Waals surface area contributed by atoms with Crippen molar-refractivity contribution in [3.63, 3.8) is 0 Å². The monoisotopic (exact) mass is 290 g/mol. The van der Waals surface area contributed by atoms with Gasteiger partial charge in [-0.15, -0.1) is 22.7 Å². The van der Waals surface area contributed by atoms with E-state index in [1.54, 1.807) is 22.8 Å². The van der Waals surface area contributed by atoms with Gasteiger partial charge in [-0.2, -0.15) is 0 Å². The van der Waals surface area contributed by atoms with E-state index in [-0.39, 0.29) is 0 Å². The highest BCUT2D eigenvalue weighted by Gasteiger charge is 2.06. The summed E-state index contributed by atoms with van der Waals surface area (Å²) in [6.45, 7) is 0.627. The third kappa shape index (κ3) is 2.59. The second kappa shape index (κ2) is 4.99. The summed E-state index contributed by atoms with van der Waals surface area (Å²) in [7, 11) is 0. The molecule has 0 amide bonds. The van der Waals surface area contributed by atoms with Gasteiger partial charge in [-0.05, 0) is 24.3 Å². The Morgan fingerprint density at radius 3 is 3.00 bits per heavy atom. The van der Waals surface area contributed by atoms with E-state index in [2.05, 4.69) is 16.4 Å². The van der Waals surface area contributed by atoms with Crippen LogP contribution in [0.5, 0.6) is 0 Å². The molecule has 0 radical (unpaired) electrons. The van der Waals surface area contributed by atoms with Crippen LogP contribution in [-0.2, 0) is 6.54 Å². The van der Waals surface area contributed by atoms with Gasteiger partial charge in [-0.25, -0.2) is 9.78 Å². The molecule has 3 aromatic rings. The number of carbonyl (C=O) groups is 1. The number of carboxylic acids is 1. The molecular formula is C13H10N2O2S2. The Morgan fingerprint density at radius 2 is 2.21 bits per heavy atom. The van der Waals surface area contributed by atoms with Crippen LogP contribution in [0.1, 0.15) is 15.2 Å². The summed E-state index contributed by atoms with van der Waals surface area (Å²) in [6.07, 6.45) is 0. The molecule has 0 spiro atoms. The van der Waals surface area contributed by atoms with Gasteiger partial charge in [0.25, 0.3) is 0 Å². The zero-order valence-electron chi connectivity index (χ0n) is 9.79. The van der Waals surface area contributed by atoms with E-state index >= 15 is 0 Å². The van der Waals surface area contributed by atoms with Crippen LogP contribution in [0, 0.1) is 0 Å². The first kappa shape index (κ1) is 12.1. The molecule has 3 rings (SSSR count). The number of thiazole rings is 1. The largest absolute Gasteiger partial charge is 0.478 e. The highest BCUT2D eigenvalue weighted by Crippen LogP contribution is 2.23. The molecule has 0 saturated heterocycles. The van der Waals surface area contributed by atoms with Crippen LogP contribution in [0.15, 0.2) is 35.2 Å². The quantitative estimate of drug-likeness (QED) is 0.769. The number of nitrogens with zero attached hydrogens (tertiary/aromatic N) is 1. The first-order valence-corrected chi connectivity index (χ1v) is 7.36. The topological polar surface area (TPSA) is 62.2 Å². The number of aromatic nitrogens is 1. The van der Waals surface area contributed by atoms with Gasteiger partial charge in [-0.3, -0.25) is 0 Å². The number of benzene rings is 1. The van der Waals surface area contributed by atoms with Crippen molar-refractivity contribution >= 4 is 44.5 Å². The van der Waals surface area contributed by atoms with Crippen molar-refractivity contribution in [3.8, 4) is 0 Å². The Bertz CT molecular complexity index is 733. The van der Waals surface area contributed by atoms with Crippen LogP contribution in [0.4, 0.5) is 5.69 Å². The Morgan fingerprint density at radius 1 is 1.32 bits per heavy atom. The smallest absolute Gasteiger partial charge is 0.336 e. The Kier molecular flexibility index (Phi) is 3.18. The second-order valence-electron chi connectivity index (χ2n) is 4.00. The molecule has 0 saturated carbocycles. The van der Waals surface area contributed by atoms with E-state index in [1.165, 1.54) is 11.3 Å². The average Bonchev–Trinajstić information content (AvgIpc) is 3.04. The molecule has 6 heteroatoms. The summed E-state index contributed by atoms with van der Waals surface area (Å²) in [4.78, 5) is 16.0. The van der Waals surface area contributed by atoms with Crippen molar-refractivity contribution in [3.05, 3.63) is 45.6 Å². The van der Waals surface area contributed by atoms with Crippen molar-refractivity contribution in [1.29, 1.82) is 0 Å². The predicted molar refractivity (Wildman–Crippen MR) is 78.2 cm³/mol. The molecule has 0 aliphatic rings. The van der Waals surface area contributed by atoms with Crippen molar-refractivity contribution in [2.75, 3.05) is 5.32 Å². The summed E-state index contributed by atoms with van der Waals surface area (Å²) in [5.41, 5.74) is 4.19. The predicted octanol–water partition coefficient (Wildman–Crippen LogP) is 3.67. The maximum absolute atomic E-state index is 10.8. The number of rotatable bonds is 4. The SMILES string of the molecule is O=C(O)c1csc(CNc2ccc3ncsc3c2)c1. The fourth-order valence-electron chi connectivity index (χ4n) is 1.74. The third-order valence-corrected chi connectivity index (χ3v) is 4.43. The van der Waals surface area contributed by atoms with E-state index in [0.717, 1.165) is 20.8 Å². The van der Waals surface area contributed by atoms with Gasteiger partial charge in [0, 0.05) is 22.5 Å². The van der Waals surface area contributed by atoms with Crippen molar-refractivity contribution in [2.45, 2.75) is 6.54 Å². The van der Waals surface area contributed by atoms with E-state index in [0.29, 0.717) is 12.1 Å². The minimum absolute atomic E-state index is 0.347. The minimum Gasteiger partial charge on any atom is -0.478 e. The number of anilines is 1. The number of carboxylic acid groups (broad SMARTS) is 1. The molecule has 0 aliphatic carbocycles. The van der Waals surface area contributed by atoms with Crippen molar-refractivity contribution in [2.24, 2.45) is 0 Å². The molecule has 0 fully saturated rings. The van der Waals surface area contributed by atoms with Crippen molar-refractivity contribution < 1.29 is 9.90 Å². The lowest BCUT2D eigenvalue weighted by Crippen LogP contribution is -1.97. The zero-order chi connectivity index (χ0) is 13.2. The van der Waals surface area contributed by atoms with E-state index < -0.39 is 5.97 Å². The number of hydrogen-bond acceptors (Lipinski definition) is 5. The highest BCUT2D eigenvalue weighted by molar-refractivity contribution is 7.16. The van der Waals surface area contributed by atoms with Crippen LogP contribution in [0.3, 0.4) is 0 Å². The number of fused-ring (bicyclic) bond motifs is 1. The Balaban J connectivity index is 1.72. The molecule has 0 bridgehead atoms. The number of thiophene rings is 1. The van der Waals surface area contributed by atoms with Gasteiger partial charge < -0.3 is 10.4 Å². The lowest BCUT2D eigenvalue weighted by molar-refractivity contribution is 0.0697. The van der Waals surface area contributed by atoms with Gasteiger partial charge in [0.15, 0.2) is 0 Å². The Hall–Kier alpha value is -1.92. The van der Waals surface area contributed by atoms with E-state index in [4.69, 9.17) is 5.11 Å². The van der Waals surface area contributed by atoms with Gasteiger partial charge in [0.2, 0.25) is 0 Å². The van der Waals surface area contributed by atoms with Crippen LogP contribution in [-0.4, -0.2) is 16.1 Å². The average molecular weight is 290 g/mol. The van der Waals surface area contributed by atoms with Crippen LogP contribution < -0.4 is 5.32 Å². The fourth-order valence-corrected chi connectivity index (χ4v) is 3.25. The second-order valence-corrected chi connectivity index (χ2v) is 5.88. The van der Waals surface area contributed by atoms with E-state index in [1.807, 2.05) is 17.6 Å². The molecule has 2 aromatic heterocycles. The molecule has 0 atom stereocenters. The van der Waals surface area contributed by atoms with E-state index in [9.17, 15) is 4.79 Å². The molecule has 1 aromatic carbocycles.